The average molecular weight is 244 g/mol. The normalized spacial score (nSPS) is 20.2. The van der Waals surface area contributed by atoms with E-state index in [1.807, 2.05) is 11.8 Å². The van der Waals surface area contributed by atoms with E-state index >= 15 is 0 Å². The van der Waals surface area contributed by atoms with Crippen LogP contribution < -0.4 is 5.32 Å². The molecule has 1 aliphatic rings. The molecule has 1 N–H and O–H groups in total. The lowest BCUT2D eigenvalue weighted by atomic mass is 9.95. The molecule has 1 unspecified atom stereocenters. The quantitative estimate of drug-likeness (QED) is 0.741. The van der Waals surface area contributed by atoms with E-state index in [2.05, 4.69) is 30.4 Å². The third kappa shape index (κ3) is 5.55. The molecule has 0 saturated heterocycles. The van der Waals surface area contributed by atoms with Gasteiger partial charge in [-0.2, -0.15) is 11.8 Å². The third-order valence-electron chi connectivity index (χ3n) is 3.71. The maximum atomic E-state index is 3.73. The maximum Gasteiger partial charge on any atom is 0.0189 e. The van der Waals surface area contributed by atoms with E-state index in [-0.39, 0.29) is 0 Å². The van der Waals surface area contributed by atoms with Gasteiger partial charge in [-0.1, -0.05) is 19.3 Å². The lowest BCUT2D eigenvalue weighted by Crippen LogP contribution is -2.43. The predicted molar refractivity (Wildman–Crippen MR) is 75.3 cm³/mol. The van der Waals surface area contributed by atoms with Gasteiger partial charge in [0.1, 0.15) is 0 Å². The zero-order chi connectivity index (χ0) is 11.8. The van der Waals surface area contributed by atoms with Crippen molar-refractivity contribution in [1.29, 1.82) is 0 Å². The monoisotopic (exact) mass is 244 g/mol. The van der Waals surface area contributed by atoms with Crippen LogP contribution in [0.5, 0.6) is 0 Å². The van der Waals surface area contributed by atoms with Crippen molar-refractivity contribution in [3.05, 3.63) is 0 Å². The Balaban J connectivity index is 2.10. The Morgan fingerprint density at radius 1 is 1.31 bits per heavy atom. The van der Waals surface area contributed by atoms with Crippen molar-refractivity contribution in [2.45, 2.75) is 51.1 Å². The summed E-state index contributed by atoms with van der Waals surface area (Å²) in [6, 6.07) is 1.46. The molecule has 0 radical (unpaired) electrons. The maximum absolute atomic E-state index is 3.73. The molecule has 0 aromatic heterocycles. The van der Waals surface area contributed by atoms with Crippen LogP contribution in [0.4, 0.5) is 0 Å². The summed E-state index contributed by atoms with van der Waals surface area (Å²) in [4.78, 5) is 2.46. The molecule has 0 amide bonds. The van der Waals surface area contributed by atoms with Crippen molar-refractivity contribution >= 4 is 11.8 Å². The second-order valence-electron chi connectivity index (χ2n) is 5.07. The van der Waals surface area contributed by atoms with Gasteiger partial charge in [-0.05, 0) is 33.1 Å². The molecule has 0 aromatic carbocycles. The van der Waals surface area contributed by atoms with Gasteiger partial charge in [0.25, 0.3) is 0 Å². The zero-order valence-corrected chi connectivity index (χ0v) is 12.0. The van der Waals surface area contributed by atoms with E-state index in [1.165, 1.54) is 44.4 Å². The number of hydrogen-bond acceptors (Lipinski definition) is 3. The summed E-state index contributed by atoms with van der Waals surface area (Å²) in [5, 5.41) is 3.73. The van der Waals surface area contributed by atoms with Crippen LogP contribution in [0.2, 0.25) is 0 Å². The van der Waals surface area contributed by atoms with Crippen LogP contribution in [0.3, 0.4) is 0 Å². The highest BCUT2D eigenvalue weighted by Gasteiger charge is 2.15. The van der Waals surface area contributed by atoms with E-state index in [0.29, 0.717) is 6.04 Å². The van der Waals surface area contributed by atoms with Gasteiger partial charge in [-0.15, -0.1) is 0 Å². The second kappa shape index (κ2) is 8.37. The van der Waals surface area contributed by atoms with Crippen LogP contribution in [0.15, 0.2) is 0 Å². The van der Waals surface area contributed by atoms with Crippen molar-refractivity contribution in [2.24, 2.45) is 0 Å². The molecule has 1 fully saturated rings. The van der Waals surface area contributed by atoms with Crippen molar-refractivity contribution in [2.75, 3.05) is 32.1 Å². The number of hydrogen-bond donors (Lipinski definition) is 1. The van der Waals surface area contributed by atoms with Gasteiger partial charge in [0, 0.05) is 30.9 Å². The molecule has 1 saturated carbocycles. The summed E-state index contributed by atoms with van der Waals surface area (Å²) in [5.74, 6) is 1.24. The highest BCUT2D eigenvalue weighted by molar-refractivity contribution is 7.98. The van der Waals surface area contributed by atoms with Crippen molar-refractivity contribution in [3.8, 4) is 0 Å². The molecule has 3 heteroatoms. The van der Waals surface area contributed by atoms with Crippen LogP contribution in [-0.4, -0.2) is 49.1 Å². The topological polar surface area (TPSA) is 15.3 Å². The first kappa shape index (κ1) is 14.3. The first-order chi connectivity index (χ1) is 7.74. The van der Waals surface area contributed by atoms with E-state index in [9.17, 15) is 0 Å². The Morgan fingerprint density at radius 3 is 2.62 bits per heavy atom. The number of nitrogens with zero attached hydrogens (tertiary/aromatic N) is 1. The summed E-state index contributed by atoms with van der Waals surface area (Å²) in [6.45, 7) is 4.68. The van der Waals surface area contributed by atoms with Gasteiger partial charge >= 0.3 is 0 Å². The van der Waals surface area contributed by atoms with Crippen LogP contribution >= 0.6 is 11.8 Å². The molecule has 96 valence electrons. The first-order valence-corrected chi connectivity index (χ1v) is 8.06. The van der Waals surface area contributed by atoms with Gasteiger partial charge in [0.15, 0.2) is 0 Å². The van der Waals surface area contributed by atoms with Crippen molar-refractivity contribution in [1.82, 2.24) is 10.2 Å². The molecule has 0 aliphatic heterocycles. The van der Waals surface area contributed by atoms with Gasteiger partial charge in [-0.3, -0.25) is 0 Å². The molecule has 2 nitrogen and oxygen atoms in total. The molecule has 1 atom stereocenters. The van der Waals surface area contributed by atoms with Gasteiger partial charge in [0.05, 0.1) is 0 Å². The highest BCUT2D eigenvalue weighted by atomic mass is 32.2. The summed E-state index contributed by atoms with van der Waals surface area (Å²) >= 11 is 1.93. The minimum atomic E-state index is 0.661. The first-order valence-electron chi connectivity index (χ1n) is 6.66. The second-order valence-corrected chi connectivity index (χ2v) is 6.05. The summed E-state index contributed by atoms with van der Waals surface area (Å²) < 4.78 is 0. The fraction of sp³-hybridized carbons (Fsp3) is 1.00. The minimum Gasteiger partial charge on any atom is -0.312 e. The Bertz CT molecular complexity index is 169. The zero-order valence-electron chi connectivity index (χ0n) is 11.2. The van der Waals surface area contributed by atoms with Crippen LogP contribution in [-0.2, 0) is 0 Å². The van der Waals surface area contributed by atoms with E-state index in [0.717, 1.165) is 12.6 Å². The van der Waals surface area contributed by atoms with Gasteiger partial charge in [0.2, 0.25) is 0 Å². The minimum absolute atomic E-state index is 0.661. The Morgan fingerprint density at radius 2 is 2.00 bits per heavy atom. The lowest BCUT2D eigenvalue weighted by molar-refractivity contribution is 0.249. The molecule has 0 aromatic rings. The average Bonchev–Trinajstić information content (AvgIpc) is 2.34. The SMILES string of the molecule is CSCCN(C)C(C)CNC1CCCCC1. The molecule has 1 aliphatic carbocycles. The molecular weight excluding hydrogens is 216 g/mol. The van der Waals surface area contributed by atoms with Gasteiger partial charge in [-0.25, -0.2) is 0 Å². The standard InChI is InChI=1S/C13H28N2S/c1-12(15(2)9-10-16-3)11-14-13-7-5-4-6-8-13/h12-14H,4-11H2,1-3H3. The summed E-state index contributed by atoms with van der Waals surface area (Å²) in [5.41, 5.74) is 0. The van der Waals surface area contributed by atoms with Crippen LogP contribution in [0.25, 0.3) is 0 Å². The molecule has 1 rings (SSSR count). The summed E-state index contributed by atoms with van der Waals surface area (Å²) in [7, 11) is 2.24. The van der Waals surface area contributed by atoms with E-state index in [1.54, 1.807) is 0 Å². The number of rotatable bonds is 7. The van der Waals surface area contributed by atoms with E-state index < -0.39 is 0 Å². The molecule has 0 bridgehead atoms. The Labute approximate surface area is 106 Å². The molecular formula is C13H28N2S. The van der Waals surface area contributed by atoms with Crippen molar-refractivity contribution < 1.29 is 0 Å². The van der Waals surface area contributed by atoms with Crippen LogP contribution in [0, 0.1) is 0 Å². The Hall–Kier alpha value is 0.270. The summed E-state index contributed by atoms with van der Waals surface area (Å²) in [6.07, 6.45) is 9.26. The fourth-order valence-corrected chi connectivity index (χ4v) is 2.73. The van der Waals surface area contributed by atoms with Crippen LogP contribution in [0.1, 0.15) is 39.0 Å². The number of likely N-dealkylation sites (N-methyl/N-ethyl adjacent to an activating group) is 1. The lowest BCUT2D eigenvalue weighted by Gasteiger charge is -2.29. The Kier molecular flexibility index (Phi) is 7.50. The fourth-order valence-electron chi connectivity index (χ4n) is 2.26. The van der Waals surface area contributed by atoms with Crippen molar-refractivity contribution in [3.63, 3.8) is 0 Å². The van der Waals surface area contributed by atoms with E-state index in [4.69, 9.17) is 0 Å². The number of nitrogens with one attached hydrogen (secondary N) is 1. The largest absolute Gasteiger partial charge is 0.312 e. The molecule has 0 heterocycles. The number of thioether (sulfide) groups is 1. The third-order valence-corrected chi connectivity index (χ3v) is 4.30. The molecule has 16 heavy (non-hydrogen) atoms. The highest BCUT2D eigenvalue weighted by Crippen LogP contribution is 2.17. The van der Waals surface area contributed by atoms with Gasteiger partial charge < -0.3 is 10.2 Å². The smallest absolute Gasteiger partial charge is 0.0189 e. The molecule has 0 spiro atoms. The predicted octanol–water partition coefficient (Wildman–Crippen LogP) is 2.59.